The molecule has 3 aromatic rings. The van der Waals surface area contributed by atoms with Crippen molar-refractivity contribution in [1.29, 1.82) is 0 Å². The Balaban J connectivity index is 1.45. The molecule has 0 aliphatic rings. The number of hydrogen-bond acceptors (Lipinski definition) is 7. The summed E-state index contributed by atoms with van der Waals surface area (Å²) in [6.45, 7) is 2.92. The summed E-state index contributed by atoms with van der Waals surface area (Å²) in [5.41, 5.74) is 4.20. The van der Waals surface area contributed by atoms with Gasteiger partial charge in [-0.2, -0.15) is 5.10 Å². The summed E-state index contributed by atoms with van der Waals surface area (Å²) in [5.74, 6) is -0.630. The minimum absolute atomic E-state index is 0.184. The Kier molecular flexibility index (Phi) is 11.3. The molecule has 3 amide bonds. The van der Waals surface area contributed by atoms with Crippen LogP contribution in [0.1, 0.15) is 30.9 Å². The summed E-state index contributed by atoms with van der Waals surface area (Å²) in [7, 11) is 1.47. The van der Waals surface area contributed by atoms with Crippen molar-refractivity contribution in [1.82, 2.24) is 10.7 Å². The number of carbonyl (C=O) groups is 3. The molecule has 0 bridgehead atoms. The number of hydrazone groups is 1. The number of amides is 3. The molecule has 3 aromatic carbocycles. The summed E-state index contributed by atoms with van der Waals surface area (Å²) in [5, 5.41) is 9.12. The van der Waals surface area contributed by atoms with Crippen LogP contribution in [-0.2, 0) is 20.9 Å². The number of hydrogen-bond donors (Lipinski definition) is 3. The molecule has 10 heteroatoms. The third-order valence-corrected chi connectivity index (χ3v) is 5.34. The van der Waals surface area contributed by atoms with Crippen molar-refractivity contribution in [2.75, 3.05) is 25.6 Å². The van der Waals surface area contributed by atoms with Crippen LogP contribution in [-0.4, -0.2) is 44.3 Å². The molecule has 204 valence electrons. The van der Waals surface area contributed by atoms with Gasteiger partial charge in [-0.1, -0.05) is 43.7 Å². The van der Waals surface area contributed by atoms with Crippen molar-refractivity contribution in [2.45, 2.75) is 26.3 Å². The average Bonchev–Trinajstić information content (AvgIpc) is 2.96. The van der Waals surface area contributed by atoms with E-state index in [9.17, 15) is 14.4 Å². The number of carbonyl (C=O) groups excluding carboxylic acids is 3. The van der Waals surface area contributed by atoms with E-state index in [0.717, 1.165) is 18.4 Å². The lowest BCUT2D eigenvalue weighted by Crippen LogP contribution is -2.32. The Morgan fingerprint density at radius 2 is 1.67 bits per heavy atom. The number of nitrogens with zero attached hydrogens (tertiary/aromatic N) is 1. The van der Waals surface area contributed by atoms with Crippen molar-refractivity contribution in [3.63, 3.8) is 0 Å². The van der Waals surface area contributed by atoms with E-state index in [1.165, 1.54) is 13.3 Å². The van der Waals surface area contributed by atoms with E-state index < -0.39 is 11.8 Å². The van der Waals surface area contributed by atoms with Crippen LogP contribution in [0, 0.1) is 0 Å². The van der Waals surface area contributed by atoms with Crippen LogP contribution >= 0.6 is 0 Å². The Morgan fingerprint density at radius 3 is 2.38 bits per heavy atom. The Morgan fingerprint density at radius 1 is 0.897 bits per heavy atom. The molecule has 10 nitrogen and oxygen atoms in total. The van der Waals surface area contributed by atoms with Gasteiger partial charge in [0.2, 0.25) is 0 Å². The maximum Gasteiger partial charge on any atom is 0.329 e. The van der Waals surface area contributed by atoms with E-state index in [2.05, 4.69) is 28.1 Å². The fourth-order valence-electron chi connectivity index (χ4n) is 3.25. The van der Waals surface area contributed by atoms with Gasteiger partial charge in [-0.05, 0) is 60.0 Å². The summed E-state index contributed by atoms with van der Waals surface area (Å²) in [4.78, 5) is 36.4. The van der Waals surface area contributed by atoms with E-state index in [1.807, 2.05) is 30.3 Å². The summed E-state index contributed by atoms with van der Waals surface area (Å²) >= 11 is 0. The average molecular weight is 533 g/mol. The largest absolute Gasteiger partial charge is 0.494 e. The van der Waals surface area contributed by atoms with Crippen LogP contribution in [0.25, 0.3) is 0 Å². The van der Waals surface area contributed by atoms with Crippen molar-refractivity contribution in [3.8, 4) is 17.2 Å². The van der Waals surface area contributed by atoms with Gasteiger partial charge in [-0.3, -0.25) is 14.4 Å². The fourth-order valence-corrected chi connectivity index (χ4v) is 3.25. The quantitative estimate of drug-likeness (QED) is 0.133. The second-order valence-corrected chi connectivity index (χ2v) is 8.34. The van der Waals surface area contributed by atoms with Gasteiger partial charge in [0.05, 0.1) is 19.9 Å². The Bertz CT molecular complexity index is 1260. The minimum Gasteiger partial charge on any atom is -0.494 e. The van der Waals surface area contributed by atoms with E-state index in [1.54, 1.807) is 42.5 Å². The molecule has 0 spiro atoms. The van der Waals surface area contributed by atoms with Crippen LogP contribution in [0.2, 0.25) is 0 Å². The molecule has 0 radical (unpaired) electrons. The zero-order valence-corrected chi connectivity index (χ0v) is 21.9. The predicted molar refractivity (Wildman–Crippen MR) is 148 cm³/mol. The minimum atomic E-state index is -0.928. The van der Waals surface area contributed by atoms with Gasteiger partial charge in [0.25, 0.3) is 5.91 Å². The first-order valence-electron chi connectivity index (χ1n) is 12.5. The molecule has 0 aliphatic carbocycles. The smallest absolute Gasteiger partial charge is 0.329 e. The number of unbranched alkanes of at least 4 members (excludes halogenated alkanes) is 1. The molecule has 0 unspecified atom stereocenters. The lowest BCUT2D eigenvalue weighted by atomic mass is 10.2. The molecule has 39 heavy (non-hydrogen) atoms. The molecule has 3 N–H and O–H groups in total. The number of benzene rings is 3. The molecule has 0 atom stereocenters. The monoisotopic (exact) mass is 532 g/mol. The van der Waals surface area contributed by atoms with E-state index in [0.29, 0.717) is 41.7 Å². The number of anilines is 1. The van der Waals surface area contributed by atoms with Crippen molar-refractivity contribution < 1.29 is 28.6 Å². The molecular weight excluding hydrogens is 500 g/mol. The Labute approximate surface area is 227 Å². The zero-order valence-electron chi connectivity index (χ0n) is 21.9. The highest BCUT2D eigenvalue weighted by Gasteiger charge is 2.13. The molecule has 0 aromatic heterocycles. The highest BCUT2D eigenvalue weighted by molar-refractivity contribution is 6.39. The molecule has 3 rings (SSSR count). The third kappa shape index (κ3) is 9.84. The van der Waals surface area contributed by atoms with Crippen LogP contribution in [0.3, 0.4) is 0 Å². The third-order valence-electron chi connectivity index (χ3n) is 5.34. The number of rotatable bonds is 13. The van der Waals surface area contributed by atoms with Crippen molar-refractivity contribution >= 4 is 29.6 Å². The first-order chi connectivity index (χ1) is 19.0. The standard InChI is InChI=1S/C29H32N4O6/c1-3-4-16-38-24-13-11-23(12-14-24)32-28(35)29(36)33-31-19-22-10-15-25(26(17-22)37-2)39-20-27(34)30-18-21-8-6-5-7-9-21/h5-15,17,19H,3-4,16,18,20H2,1-2H3,(H,30,34)(H,32,35)(H,33,36)/b31-19-. The summed E-state index contributed by atoms with van der Waals surface area (Å²) in [6, 6.07) is 21.2. The second-order valence-electron chi connectivity index (χ2n) is 8.34. The summed E-state index contributed by atoms with van der Waals surface area (Å²) < 4.78 is 16.5. The van der Waals surface area contributed by atoms with Gasteiger partial charge in [0, 0.05) is 12.2 Å². The highest BCUT2D eigenvalue weighted by atomic mass is 16.5. The van der Waals surface area contributed by atoms with Gasteiger partial charge in [-0.25, -0.2) is 5.43 Å². The van der Waals surface area contributed by atoms with Crippen molar-refractivity contribution in [2.24, 2.45) is 5.10 Å². The van der Waals surface area contributed by atoms with Gasteiger partial charge < -0.3 is 24.8 Å². The summed E-state index contributed by atoms with van der Waals surface area (Å²) in [6.07, 6.45) is 3.35. The molecule has 0 saturated carbocycles. The first kappa shape index (κ1) is 28.7. The molecule has 0 aliphatic heterocycles. The Hall–Kier alpha value is -4.86. The topological polar surface area (TPSA) is 127 Å². The first-order valence-corrected chi connectivity index (χ1v) is 12.5. The van der Waals surface area contributed by atoms with Gasteiger partial charge in [-0.15, -0.1) is 0 Å². The molecule has 0 heterocycles. The van der Waals surface area contributed by atoms with E-state index in [-0.39, 0.29) is 12.5 Å². The second kappa shape index (κ2) is 15.4. The van der Waals surface area contributed by atoms with Crippen LogP contribution in [0.5, 0.6) is 17.2 Å². The van der Waals surface area contributed by atoms with E-state index >= 15 is 0 Å². The molecule has 0 fully saturated rings. The number of methoxy groups -OCH3 is 1. The lowest BCUT2D eigenvalue weighted by Gasteiger charge is -2.11. The lowest BCUT2D eigenvalue weighted by molar-refractivity contribution is -0.136. The van der Waals surface area contributed by atoms with Gasteiger partial charge in [0.1, 0.15) is 5.75 Å². The SMILES string of the molecule is CCCCOc1ccc(NC(=O)C(=O)N/N=C\c2ccc(OCC(=O)NCc3ccccc3)c(OC)c2)cc1. The van der Waals surface area contributed by atoms with Gasteiger partial charge in [0.15, 0.2) is 18.1 Å². The zero-order chi connectivity index (χ0) is 27.9. The van der Waals surface area contributed by atoms with Crippen LogP contribution in [0.15, 0.2) is 77.9 Å². The number of ether oxygens (including phenoxy) is 3. The maximum atomic E-state index is 12.2. The van der Waals surface area contributed by atoms with Gasteiger partial charge >= 0.3 is 11.8 Å². The van der Waals surface area contributed by atoms with Crippen molar-refractivity contribution in [3.05, 3.63) is 83.9 Å². The van der Waals surface area contributed by atoms with E-state index in [4.69, 9.17) is 14.2 Å². The maximum absolute atomic E-state index is 12.2. The highest BCUT2D eigenvalue weighted by Crippen LogP contribution is 2.27. The fraction of sp³-hybridized carbons (Fsp3) is 0.241. The predicted octanol–water partition coefficient (Wildman–Crippen LogP) is 3.66. The van der Waals surface area contributed by atoms with Crippen LogP contribution < -0.4 is 30.3 Å². The number of nitrogens with one attached hydrogen (secondary N) is 3. The normalized spacial score (nSPS) is 10.5. The van der Waals surface area contributed by atoms with Crippen LogP contribution in [0.4, 0.5) is 5.69 Å². The molecule has 0 saturated heterocycles. The molecular formula is C29H32N4O6.